The maximum atomic E-state index is 12.2. The molecule has 1 aromatic heterocycles. The van der Waals surface area contributed by atoms with E-state index in [0.29, 0.717) is 40.6 Å². The summed E-state index contributed by atoms with van der Waals surface area (Å²) in [6.45, 7) is 4.12. The molecule has 0 saturated carbocycles. The molecule has 1 atom stereocenters. The van der Waals surface area contributed by atoms with Gasteiger partial charge in [0.1, 0.15) is 22.9 Å². The third-order valence-electron chi connectivity index (χ3n) is 4.91. The summed E-state index contributed by atoms with van der Waals surface area (Å²) in [7, 11) is 0. The molecule has 0 radical (unpaired) electrons. The van der Waals surface area contributed by atoms with E-state index >= 15 is 0 Å². The van der Waals surface area contributed by atoms with Crippen LogP contribution in [0.2, 0.25) is 5.02 Å². The van der Waals surface area contributed by atoms with Crippen LogP contribution in [0.25, 0.3) is 0 Å². The topological polar surface area (TPSA) is 100 Å². The number of hydrogen-bond acceptors (Lipinski definition) is 6. The molecule has 2 heterocycles. The first kappa shape index (κ1) is 18.3. The summed E-state index contributed by atoms with van der Waals surface area (Å²) in [5, 5.41) is 9.24. The molecule has 1 amide bonds. The number of nitrogens with one attached hydrogen (secondary N) is 3. The molecule has 2 aromatic carbocycles. The number of amides is 1. The van der Waals surface area contributed by atoms with Crippen LogP contribution < -0.4 is 26.8 Å². The molecule has 1 aliphatic rings. The Bertz CT molecular complexity index is 1160. The largest absolute Gasteiger partial charge is 0.464 e. The Kier molecular flexibility index (Phi) is 4.47. The lowest BCUT2D eigenvalue weighted by Crippen LogP contribution is -2.37. The van der Waals surface area contributed by atoms with Crippen LogP contribution in [-0.4, -0.2) is 5.91 Å². The Morgan fingerprint density at radius 3 is 2.57 bits per heavy atom. The second-order valence-corrected chi connectivity index (χ2v) is 7.13. The van der Waals surface area contributed by atoms with Gasteiger partial charge < -0.3 is 20.4 Å². The molecule has 4 rings (SSSR count). The van der Waals surface area contributed by atoms with Crippen LogP contribution in [0.4, 0.5) is 17.1 Å². The number of fused-ring (bicyclic) bond motifs is 1. The van der Waals surface area contributed by atoms with Crippen LogP contribution >= 0.6 is 11.6 Å². The van der Waals surface area contributed by atoms with Crippen LogP contribution in [0, 0.1) is 6.92 Å². The van der Waals surface area contributed by atoms with Crippen molar-refractivity contribution in [1.82, 2.24) is 5.32 Å². The van der Waals surface area contributed by atoms with Gasteiger partial charge >= 0.3 is 0 Å². The van der Waals surface area contributed by atoms with Crippen molar-refractivity contribution in [3.63, 3.8) is 0 Å². The Labute approximate surface area is 165 Å². The fourth-order valence-corrected chi connectivity index (χ4v) is 3.61. The van der Waals surface area contributed by atoms with Crippen molar-refractivity contribution in [2.24, 2.45) is 0 Å². The molecule has 0 saturated heterocycles. The number of aryl methyl sites for hydroxylation is 1. The number of anilines is 3. The van der Waals surface area contributed by atoms with Gasteiger partial charge in [-0.05, 0) is 37.6 Å². The van der Waals surface area contributed by atoms with Crippen molar-refractivity contribution in [3.8, 4) is 0 Å². The molecule has 1 aliphatic heterocycles. The van der Waals surface area contributed by atoms with E-state index in [0.717, 1.165) is 5.76 Å². The average Bonchev–Trinajstić information content (AvgIpc) is 3.29. The second kappa shape index (κ2) is 6.83. The predicted octanol–water partition coefficient (Wildman–Crippen LogP) is 3.39. The minimum atomic E-state index is -0.630. The van der Waals surface area contributed by atoms with Crippen LogP contribution in [-0.2, 0) is 6.54 Å². The molecule has 3 aromatic rings. The van der Waals surface area contributed by atoms with Crippen LogP contribution in [0.15, 0.2) is 38.3 Å². The molecule has 0 aliphatic carbocycles. The van der Waals surface area contributed by atoms with Crippen molar-refractivity contribution in [1.29, 1.82) is 0 Å². The molecule has 8 heteroatoms. The molecular formula is C20H18ClN3O4. The second-order valence-electron chi connectivity index (χ2n) is 6.72. The smallest absolute Gasteiger partial charge is 0.254 e. The third kappa shape index (κ3) is 2.88. The van der Waals surface area contributed by atoms with E-state index < -0.39 is 10.9 Å². The van der Waals surface area contributed by atoms with E-state index in [1.165, 1.54) is 0 Å². The lowest BCUT2D eigenvalue weighted by atomic mass is 10.1. The van der Waals surface area contributed by atoms with Crippen molar-refractivity contribution in [3.05, 3.63) is 72.4 Å². The van der Waals surface area contributed by atoms with Gasteiger partial charge in [0, 0.05) is 17.1 Å². The SMILES string of the molecule is CC[C@H](Nc1c(Nc2ccc(Cl)c3c2C(=O)NC3)c(=O)c1=O)c1ccc(C)o1. The Morgan fingerprint density at radius 2 is 1.89 bits per heavy atom. The number of carbonyl (C=O) groups excluding carboxylic acids is 1. The maximum Gasteiger partial charge on any atom is 0.254 e. The fourth-order valence-electron chi connectivity index (χ4n) is 3.39. The zero-order valence-electron chi connectivity index (χ0n) is 15.3. The van der Waals surface area contributed by atoms with E-state index in [2.05, 4.69) is 16.0 Å². The Balaban J connectivity index is 1.66. The highest BCUT2D eigenvalue weighted by molar-refractivity contribution is 6.32. The van der Waals surface area contributed by atoms with E-state index in [-0.39, 0.29) is 23.3 Å². The highest BCUT2D eigenvalue weighted by atomic mass is 35.5. The number of rotatable bonds is 6. The number of benzene rings is 1. The summed E-state index contributed by atoms with van der Waals surface area (Å²) in [5.41, 5.74) is 0.590. The lowest BCUT2D eigenvalue weighted by molar-refractivity contribution is 0.0966. The molecule has 0 unspecified atom stereocenters. The van der Waals surface area contributed by atoms with Crippen molar-refractivity contribution < 1.29 is 9.21 Å². The molecule has 144 valence electrons. The van der Waals surface area contributed by atoms with Crippen LogP contribution in [0.1, 0.15) is 46.8 Å². The zero-order chi connectivity index (χ0) is 20.0. The van der Waals surface area contributed by atoms with Gasteiger partial charge in [0.25, 0.3) is 16.8 Å². The van der Waals surface area contributed by atoms with Gasteiger partial charge in [-0.25, -0.2) is 0 Å². The molecule has 0 bridgehead atoms. The standard InChI is InChI=1S/C20H18ClN3O4/c1-3-12(14-7-4-9(2)28-14)23-16-17(19(26)18(16)25)24-13-6-5-11(21)10-8-22-20(27)15(10)13/h4-7,12,23-24H,3,8H2,1-2H3,(H,22,27)/t12-/m0/s1. The fraction of sp³-hybridized carbons (Fsp3) is 0.250. The first-order valence-electron chi connectivity index (χ1n) is 8.93. The first-order chi connectivity index (χ1) is 13.4. The monoisotopic (exact) mass is 399 g/mol. The van der Waals surface area contributed by atoms with Crippen molar-refractivity contribution >= 4 is 34.6 Å². The number of hydrogen-bond donors (Lipinski definition) is 3. The van der Waals surface area contributed by atoms with Gasteiger partial charge in [-0.3, -0.25) is 14.4 Å². The number of halogens is 1. The highest BCUT2D eigenvalue weighted by Gasteiger charge is 2.29. The molecule has 0 spiro atoms. The number of furan rings is 1. The van der Waals surface area contributed by atoms with Gasteiger partial charge in [-0.15, -0.1) is 0 Å². The minimum Gasteiger partial charge on any atom is -0.464 e. The van der Waals surface area contributed by atoms with Crippen LogP contribution in [0.3, 0.4) is 0 Å². The van der Waals surface area contributed by atoms with E-state index in [1.807, 2.05) is 26.0 Å². The molecule has 0 fully saturated rings. The van der Waals surface area contributed by atoms with E-state index in [1.54, 1.807) is 12.1 Å². The Morgan fingerprint density at radius 1 is 1.14 bits per heavy atom. The molecule has 28 heavy (non-hydrogen) atoms. The van der Waals surface area contributed by atoms with E-state index in [4.69, 9.17) is 16.0 Å². The summed E-state index contributed by atoms with van der Waals surface area (Å²) in [4.78, 5) is 36.5. The maximum absolute atomic E-state index is 12.2. The van der Waals surface area contributed by atoms with E-state index in [9.17, 15) is 14.4 Å². The quantitative estimate of drug-likeness (QED) is 0.549. The summed E-state index contributed by atoms with van der Waals surface area (Å²) in [6.07, 6.45) is 0.657. The first-order valence-corrected chi connectivity index (χ1v) is 9.31. The van der Waals surface area contributed by atoms with Gasteiger partial charge in [0.2, 0.25) is 0 Å². The molecule has 3 N–H and O–H groups in total. The van der Waals surface area contributed by atoms with Crippen molar-refractivity contribution in [2.45, 2.75) is 32.9 Å². The van der Waals surface area contributed by atoms with Crippen molar-refractivity contribution in [2.75, 3.05) is 10.6 Å². The van der Waals surface area contributed by atoms with Crippen LogP contribution in [0.5, 0.6) is 0 Å². The molecular weight excluding hydrogens is 382 g/mol. The minimum absolute atomic E-state index is 0.135. The van der Waals surface area contributed by atoms with Gasteiger partial charge in [0.05, 0.1) is 17.3 Å². The molecule has 7 nitrogen and oxygen atoms in total. The lowest BCUT2D eigenvalue weighted by Gasteiger charge is -2.21. The van der Waals surface area contributed by atoms with Gasteiger partial charge in [-0.1, -0.05) is 18.5 Å². The summed E-state index contributed by atoms with van der Waals surface area (Å²) in [6, 6.07) is 6.71. The summed E-state index contributed by atoms with van der Waals surface area (Å²) in [5.74, 6) is 1.18. The number of carbonyl (C=O) groups is 1. The Hall–Kier alpha value is -3.06. The third-order valence-corrected chi connectivity index (χ3v) is 5.26. The highest BCUT2D eigenvalue weighted by Crippen LogP contribution is 2.34. The predicted molar refractivity (Wildman–Crippen MR) is 107 cm³/mol. The summed E-state index contributed by atoms with van der Waals surface area (Å²) < 4.78 is 5.64. The normalized spacial score (nSPS) is 14.0. The zero-order valence-corrected chi connectivity index (χ0v) is 16.1. The van der Waals surface area contributed by atoms with Gasteiger partial charge in [0.15, 0.2) is 0 Å². The summed E-state index contributed by atoms with van der Waals surface area (Å²) >= 11 is 6.15. The van der Waals surface area contributed by atoms with Gasteiger partial charge in [-0.2, -0.15) is 0 Å². The average molecular weight is 400 g/mol.